The fourth-order valence-corrected chi connectivity index (χ4v) is 8.46. The van der Waals surface area contributed by atoms with Crippen LogP contribution in [0.5, 0.6) is 0 Å². The van der Waals surface area contributed by atoms with Gasteiger partial charge < -0.3 is 50.9 Å². The van der Waals surface area contributed by atoms with Crippen LogP contribution in [0.4, 0.5) is 5.82 Å². The molecule has 0 bridgehead atoms. The van der Waals surface area contributed by atoms with Crippen LogP contribution in [0.3, 0.4) is 0 Å². The summed E-state index contributed by atoms with van der Waals surface area (Å²) in [5.41, 5.74) is 5.11. The van der Waals surface area contributed by atoms with Gasteiger partial charge in [-0.05, 0) is 11.6 Å². The molecule has 1 aromatic carbocycles. The molecule has 320 valence electrons. The molecule has 3 aromatic rings. The topological polar surface area (TPSA) is 364 Å². The standard InChI is InChI=1S/C30H42N7O17P3S/c1-30(2,25(41)28(42)33-11-10-20(38)32-12-13-58-21(39)9-8-18-6-4-3-5-7-18)15-51-57(48,49)54-56(46,47)50-14-19-24(53-55(43,44)45)23(40)29(52-19)37-17-36-22-26(31)34-16-35-27(22)37/h3-9,16-17,19,23-25,29,40-41H,10-15H2,1-2H3,(H,32,38)(H,33,42)(H,46,47)(H,48,49)(H2,31,34,35)(H2,43,44,45)/b9-8+/t19-,23?,24+,25+,29-/m1/s1. The Bertz CT molecular complexity index is 2090. The molecule has 0 spiro atoms. The second-order valence-electron chi connectivity index (χ2n) is 13.0. The van der Waals surface area contributed by atoms with Gasteiger partial charge >= 0.3 is 23.5 Å². The molecule has 7 atom stereocenters. The average Bonchev–Trinajstić information content (AvgIpc) is 3.71. The number of fused-ring (bicyclic) bond motifs is 1. The Hall–Kier alpha value is -3.48. The van der Waals surface area contributed by atoms with Crippen molar-refractivity contribution in [2.24, 2.45) is 5.41 Å². The maximum absolute atomic E-state index is 12.7. The monoisotopic (exact) mass is 897 g/mol. The number of phosphoric acid groups is 3. The van der Waals surface area contributed by atoms with E-state index in [1.165, 1.54) is 19.9 Å². The Morgan fingerprint density at radius 1 is 1.03 bits per heavy atom. The molecule has 3 unspecified atom stereocenters. The number of thioether (sulfide) groups is 1. The first-order valence-corrected chi connectivity index (χ1v) is 22.4. The predicted octanol–water partition coefficient (Wildman–Crippen LogP) is 0.378. The smallest absolute Gasteiger partial charge is 0.386 e. The summed E-state index contributed by atoms with van der Waals surface area (Å²) in [7, 11) is -16.4. The van der Waals surface area contributed by atoms with Crippen LogP contribution in [0.1, 0.15) is 32.1 Å². The number of carbonyl (C=O) groups is 3. The second-order valence-corrected chi connectivity index (χ2v) is 18.3. The molecule has 10 N–H and O–H groups in total. The lowest BCUT2D eigenvalue weighted by Gasteiger charge is -2.30. The first-order valence-electron chi connectivity index (χ1n) is 16.9. The zero-order valence-corrected chi connectivity index (χ0v) is 34.1. The fraction of sp³-hybridized carbons (Fsp3) is 0.467. The third-order valence-electron chi connectivity index (χ3n) is 7.96. The first kappa shape index (κ1) is 47.2. The minimum absolute atomic E-state index is 0.0285. The van der Waals surface area contributed by atoms with Gasteiger partial charge in [0.25, 0.3) is 0 Å². The number of anilines is 1. The molecular weight excluding hydrogens is 855 g/mol. The van der Waals surface area contributed by atoms with Crippen LogP contribution >= 0.6 is 35.2 Å². The Morgan fingerprint density at radius 2 is 1.72 bits per heavy atom. The van der Waals surface area contributed by atoms with Gasteiger partial charge in [-0.1, -0.05) is 62.0 Å². The number of aliphatic hydroxyl groups is 2. The highest BCUT2D eigenvalue weighted by Crippen LogP contribution is 2.61. The first-order chi connectivity index (χ1) is 27.1. The van der Waals surface area contributed by atoms with Gasteiger partial charge in [0.15, 0.2) is 17.7 Å². The number of aromatic nitrogens is 4. The van der Waals surface area contributed by atoms with Crippen molar-refractivity contribution in [2.75, 3.05) is 37.8 Å². The lowest BCUT2D eigenvalue weighted by Crippen LogP contribution is -2.46. The summed E-state index contributed by atoms with van der Waals surface area (Å²) in [6.07, 6.45) is -3.86. The van der Waals surface area contributed by atoms with Crippen LogP contribution < -0.4 is 16.4 Å². The molecule has 24 nitrogen and oxygen atoms in total. The number of imidazole rings is 1. The molecule has 1 aliphatic rings. The third kappa shape index (κ3) is 14.1. The van der Waals surface area contributed by atoms with Gasteiger partial charge in [-0.2, -0.15) is 4.31 Å². The summed E-state index contributed by atoms with van der Waals surface area (Å²) in [5, 5.41) is 26.2. The van der Waals surface area contributed by atoms with Gasteiger partial charge in [0.2, 0.25) is 16.9 Å². The van der Waals surface area contributed by atoms with Crippen LogP contribution in [-0.2, 0) is 50.7 Å². The maximum atomic E-state index is 12.7. The number of amides is 2. The van der Waals surface area contributed by atoms with Crippen molar-refractivity contribution in [1.29, 1.82) is 0 Å². The van der Waals surface area contributed by atoms with Gasteiger partial charge in [-0.25, -0.2) is 28.6 Å². The zero-order valence-electron chi connectivity index (χ0n) is 30.6. The lowest BCUT2D eigenvalue weighted by atomic mass is 9.87. The third-order valence-corrected chi connectivity index (χ3v) is 11.9. The average molecular weight is 898 g/mol. The number of nitrogens with one attached hydrogen (secondary N) is 2. The number of hydrogen-bond donors (Lipinski definition) is 9. The number of nitrogens with zero attached hydrogens (tertiary/aromatic N) is 4. The van der Waals surface area contributed by atoms with Gasteiger partial charge in [0.05, 0.1) is 19.5 Å². The molecular formula is C30H42N7O17P3S. The molecule has 28 heteroatoms. The summed E-state index contributed by atoms with van der Waals surface area (Å²) >= 11 is 1.00. The van der Waals surface area contributed by atoms with Gasteiger partial charge in [-0.15, -0.1) is 0 Å². The summed E-state index contributed by atoms with van der Waals surface area (Å²) in [4.78, 5) is 87.7. The number of nitrogen functional groups attached to an aromatic ring is 1. The highest BCUT2D eigenvalue weighted by Gasteiger charge is 2.50. The minimum atomic E-state index is -5.58. The Balaban J connectivity index is 1.21. The number of phosphoric ester groups is 3. The number of rotatable bonds is 21. The number of aliphatic hydroxyl groups excluding tert-OH is 2. The summed E-state index contributed by atoms with van der Waals surface area (Å²) < 4.78 is 62.1. The number of carbonyl (C=O) groups excluding carboxylic acids is 3. The largest absolute Gasteiger partial charge is 0.481 e. The molecule has 1 aliphatic heterocycles. The van der Waals surface area contributed by atoms with Crippen molar-refractivity contribution in [2.45, 2.75) is 50.9 Å². The van der Waals surface area contributed by atoms with Crippen LogP contribution in [0, 0.1) is 5.41 Å². The maximum Gasteiger partial charge on any atom is 0.481 e. The molecule has 4 rings (SSSR count). The minimum Gasteiger partial charge on any atom is -0.386 e. The Kier molecular flexibility index (Phi) is 16.4. The van der Waals surface area contributed by atoms with Gasteiger partial charge in [0.1, 0.15) is 36.3 Å². The van der Waals surface area contributed by atoms with Crippen molar-refractivity contribution in [1.82, 2.24) is 30.2 Å². The Labute approximate surface area is 334 Å². The molecule has 2 amide bonds. The molecule has 1 saturated heterocycles. The second kappa shape index (κ2) is 20.2. The molecule has 0 aliphatic carbocycles. The Morgan fingerprint density at radius 3 is 2.41 bits per heavy atom. The van der Waals surface area contributed by atoms with E-state index in [1.807, 2.05) is 30.3 Å². The molecule has 3 heterocycles. The SMILES string of the molecule is CC(C)(COP(=O)(O)OP(=O)(O)OC[C@H]1O[C@@H](n2cnc3c(N)ncnc32)C(O)[C@H]1OP(=O)(O)O)[C@@H](O)C(=O)NCCC(=O)NCCSC(=O)/C=C/c1ccccc1. The van der Waals surface area contributed by atoms with E-state index in [0.717, 1.165) is 34.5 Å². The van der Waals surface area contributed by atoms with Crippen LogP contribution in [0.15, 0.2) is 49.1 Å². The molecule has 0 saturated carbocycles. The van der Waals surface area contributed by atoms with Crippen molar-refractivity contribution >= 4 is 75.2 Å². The van der Waals surface area contributed by atoms with E-state index in [1.54, 1.807) is 6.08 Å². The summed E-state index contributed by atoms with van der Waals surface area (Å²) in [6.45, 7) is 0.432. The van der Waals surface area contributed by atoms with Crippen molar-refractivity contribution in [3.05, 3.63) is 54.6 Å². The van der Waals surface area contributed by atoms with E-state index >= 15 is 0 Å². The highest BCUT2D eigenvalue weighted by molar-refractivity contribution is 8.14. The van der Waals surface area contributed by atoms with Crippen LogP contribution in [0.2, 0.25) is 0 Å². The van der Waals surface area contributed by atoms with Gasteiger partial charge in [-0.3, -0.25) is 32.5 Å². The normalized spacial score (nSPS) is 21.4. The van der Waals surface area contributed by atoms with E-state index in [2.05, 4.69) is 34.4 Å². The van der Waals surface area contributed by atoms with E-state index in [-0.39, 0.29) is 41.6 Å². The van der Waals surface area contributed by atoms with E-state index in [9.17, 15) is 57.9 Å². The number of ether oxygens (including phenoxy) is 1. The zero-order chi connectivity index (χ0) is 42.9. The number of hydrogen-bond acceptors (Lipinski definition) is 18. The van der Waals surface area contributed by atoms with Crippen LogP contribution in [-0.4, -0.2) is 123 Å². The van der Waals surface area contributed by atoms with Crippen molar-refractivity contribution in [3.8, 4) is 0 Å². The lowest BCUT2D eigenvalue weighted by molar-refractivity contribution is -0.137. The molecule has 0 radical (unpaired) electrons. The summed E-state index contributed by atoms with van der Waals surface area (Å²) in [6, 6.07) is 9.21. The van der Waals surface area contributed by atoms with E-state index in [4.69, 9.17) is 19.5 Å². The van der Waals surface area contributed by atoms with Crippen LogP contribution in [0.25, 0.3) is 17.2 Å². The van der Waals surface area contributed by atoms with Crippen molar-refractivity contribution < 1.29 is 80.5 Å². The van der Waals surface area contributed by atoms with E-state index < -0.39 is 84.6 Å². The highest BCUT2D eigenvalue weighted by atomic mass is 32.2. The quantitative estimate of drug-likeness (QED) is 0.0396. The number of benzene rings is 1. The van der Waals surface area contributed by atoms with Crippen molar-refractivity contribution in [3.63, 3.8) is 0 Å². The van der Waals surface area contributed by atoms with Gasteiger partial charge in [0, 0.05) is 30.7 Å². The number of nitrogens with two attached hydrogens (primary N) is 1. The van der Waals surface area contributed by atoms with E-state index in [0.29, 0.717) is 5.75 Å². The summed E-state index contributed by atoms with van der Waals surface area (Å²) in [5.74, 6) is -1.18. The molecule has 58 heavy (non-hydrogen) atoms. The fourth-order valence-electron chi connectivity index (χ4n) is 5.06. The molecule has 1 fully saturated rings. The molecule has 2 aromatic heterocycles. The predicted molar refractivity (Wildman–Crippen MR) is 203 cm³/mol.